The van der Waals surface area contributed by atoms with E-state index in [4.69, 9.17) is 23.1 Å². The minimum atomic E-state index is -4.27. The smallest absolute Gasteiger partial charge is 0.310 e. The van der Waals surface area contributed by atoms with E-state index in [1.807, 2.05) is 6.08 Å². The van der Waals surface area contributed by atoms with Gasteiger partial charge in [-0.15, -0.1) is 0 Å². The molecule has 2 aliphatic heterocycles. The fourth-order valence-electron chi connectivity index (χ4n) is 5.29. The van der Waals surface area contributed by atoms with Gasteiger partial charge < -0.3 is 23.1 Å². The topological polar surface area (TPSA) is 138 Å². The quantitative estimate of drug-likeness (QED) is 0.162. The van der Waals surface area contributed by atoms with Gasteiger partial charge in [-0.3, -0.25) is 24.2 Å². The molecule has 226 valence electrons. The van der Waals surface area contributed by atoms with Crippen LogP contribution in [0.5, 0.6) is 17.2 Å². The molecule has 43 heavy (non-hydrogen) atoms. The summed E-state index contributed by atoms with van der Waals surface area (Å²) >= 11 is 0. The first-order valence-electron chi connectivity index (χ1n) is 13.2. The molecule has 12 nitrogen and oxygen atoms in total. The predicted octanol–water partition coefficient (Wildman–Crippen LogP) is 2.86. The average Bonchev–Trinajstić information content (AvgIpc) is 3.25. The summed E-state index contributed by atoms with van der Waals surface area (Å²) in [5.74, 6) is -1.03. The Bertz CT molecular complexity index is 1630. The van der Waals surface area contributed by atoms with Gasteiger partial charge in [0.25, 0.3) is 17.7 Å². The molecule has 13 heteroatoms. The summed E-state index contributed by atoms with van der Waals surface area (Å²) < 4.78 is 53.3. The lowest BCUT2D eigenvalue weighted by atomic mass is 9.85. The highest BCUT2D eigenvalue weighted by molar-refractivity contribution is 7.86. The van der Waals surface area contributed by atoms with Gasteiger partial charge in [0.05, 0.1) is 44.2 Å². The average molecular weight is 611 g/mol. The first-order valence-corrected chi connectivity index (χ1v) is 14.8. The molecule has 5 rings (SSSR count). The second kappa shape index (κ2) is 11.6. The minimum absolute atomic E-state index is 0.000600. The Kier molecular flexibility index (Phi) is 8.04. The molecule has 1 aliphatic carbocycles. The molecule has 1 unspecified atom stereocenters. The zero-order valence-corrected chi connectivity index (χ0v) is 24.8. The third kappa shape index (κ3) is 5.25. The third-order valence-corrected chi connectivity index (χ3v) is 8.60. The van der Waals surface area contributed by atoms with Crippen LogP contribution in [0.25, 0.3) is 0 Å². The Labute approximate surface area is 248 Å². The number of hydrogen-bond acceptors (Lipinski definition) is 10. The summed E-state index contributed by atoms with van der Waals surface area (Å²) in [5.41, 5.74) is 1.76. The zero-order valence-electron chi connectivity index (χ0n) is 24.0. The first-order chi connectivity index (χ1) is 20.5. The van der Waals surface area contributed by atoms with Gasteiger partial charge >= 0.3 is 10.1 Å². The Hall–Kier alpha value is -4.62. The van der Waals surface area contributed by atoms with Crippen molar-refractivity contribution >= 4 is 33.5 Å². The Balaban J connectivity index is 1.37. The molecule has 0 spiro atoms. The van der Waals surface area contributed by atoms with Gasteiger partial charge in [-0.25, -0.2) is 0 Å². The summed E-state index contributed by atoms with van der Waals surface area (Å²) in [4.78, 5) is 40.7. The second-order valence-electron chi connectivity index (χ2n) is 9.85. The number of β-lactam (4-membered cyclic amide) rings is 1. The van der Waals surface area contributed by atoms with Crippen molar-refractivity contribution in [3.8, 4) is 17.2 Å². The van der Waals surface area contributed by atoms with Crippen LogP contribution in [0.3, 0.4) is 0 Å². The SMILES string of the molecule is C=C1C(=O)N(c2cc(OC)c(OC)c(OC)c2)[C@H]1C1=CCC(OC)C(OS(=O)(=O)CCN2C(=O)c3ccccc3C2=O)=C1. The lowest BCUT2D eigenvalue weighted by Gasteiger charge is -2.44. The summed E-state index contributed by atoms with van der Waals surface area (Å²) in [6, 6.07) is 8.93. The Morgan fingerprint density at radius 3 is 2.05 bits per heavy atom. The van der Waals surface area contributed by atoms with Gasteiger partial charge in [0.1, 0.15) is 17.6 Å². The lowest BCUT2D eigenvalue weighted by Crippen LogP contribution is -2.56. The largest absolute Gasteiger partial charge is 0.493 e. The number of rotatable bonds is 11. The number of carbonyl (C=O) groups is 3. The number of methoxy groups -OCH3 is 4. The van der Waals surface area contributed by atoms with Gasteiger partial charge in [-0.2, -0.15) is 8.42 Å². The molecule has 0 N–H and O–H groups in total. The number of imide groups is 1. The normalized spacial score (nSPS) is 19.9. The number of hydrogen-bond donors (Lipinski definition) is 0. The van der Waals surface area contributed by atoms with E-state index in [9.17, 15) is 22.8 Å². The molecule has 1 fully saturated rings. The zero-order chi connectivity index (χ0) is 31.1. The molecule has 0 bridgehead atoms. The van der Waals surface area contributed by atoms with Crippen molar-refractivity contribution in [3.63, 3.8) is 0 Å². The predicted molar refractivity (Wildman–Crippen MR) is 155 cm³/mol. The molecule has 2 aromatic rings. The number of ether oxygens (including phenoxy) is 4. The van der Waals surface area contributed by atoms with E-state index >= 15 is 0 Å². The molecule has 2 heterocycles. The summed E-state index contributed by atoms with van der Waals surface area (Å²) in [5, 5.41) is 0. The van der Waals surface area contributed by atoms with Crippen LogP contribution < -0.4 is 19.1 Å². The van der Waals surface area contributed by atoms with E-state index in [2.05, 4.69) is 6.58 Å². The summed E-state index contributed by atoms with van der Waals surface area (Å²) in [7, 11) is 1.54. The Morgan fingerprint density at radius 1 is 0.907 bits per heavy atom. The van der Waals surface area contributed by atoms with Crippen LogP contribution in [-0.2, 0) is 23.8 Å². The van der Waals surface area contributed by atoms with Crippen molar-refractivity contribution in [3.05, 3.63) is 83.2 Å². The Morgan fingerprint density at radius 2 is 1.51 bits per heavy atom. The van der Waals surface area contributed by atoms with Crippen molar-refractivity contribution < 1.29 is 45.9 Å². The highest BCUT2D eigenvalue weighted by Gasteiger charge is 2.45. The molecular formula is C30H30N2O10S. The van der Waals surface area contributed by atoms with Gasteiger partial charge in [0.2, 0.25) is 5.75 Å². The van der Waals surface area contributed by atoms with Crippen LogP contribution in [0, 0.1) is 0 Å². The second-order valence-corrected chi connectivity index (χ2v) is 11.5. The maximum absolute atomic E-state index is 13.1. The fraction of sp³-hybridized carbons (Fsp3) is 0.300. The first kappa shape index (κ1) is 29.9. The van der Waals surface area contributed by atoms with Crippen molar-refractivity contribution in [1.29, 1.82) is 0 Å². The molecule has 0 radical (unpaired) electrons. The summed E-state index contributed by atoms with van der Waals surface area (Å²) in [6.07, 6.45) is 2.85. The standard InChI is InChI=1S/C30H30N2O10S/c1-17-26(32(28(17)33)19-15-24(39-3)27(41-5)25(16-19)40-4)18-10-11-22(38-2)23(14-18)42-43(36,37)13-12-31-29(34)20-8-6-7-9-21(20)30(31)35/h6-10,14-16,22,26H,1,11-13H2,2-5H3/t22?,26-/m1/s1. The van der Waals surface area contributed by atoms with E-state index in [1.165, 1.54) is 51.5 Å². The molecular weight excluding hydrogens is 580 g/mol. The summed E-state index contributed by atoms with van der Waals surface area (Å²) in [6.45, 7) is 3.54. The van der Waals surface area contributed by atoms with E-state index in [0.717, 1.165) is 4.90 Å². The van der Waals surface area contributed by atoms with E-state index in [0.29, 0.717) is 34.1 Å². The van der Waals surface area contributed by atoms with Crippen molar-refractivity contribution in [1.82, 2.24) is 4.90 Å². The minimum Gasteiger partial charge on any atom is -0.493 e. The van der Waals surface area contributed by atoms with E-state index in [1.54, 1.807) is 24.3 Å². The van der Waals surface area contributed by atoms with Gasteiger partial charge in [-0.1, -0.05) is 24.8 Å². The number of carbonyl (C=O) groups excluding carboxylic acids is 3. The van der Waals surface area contributed by atoms with E-state index < -0.39 is 39.8 Å². The van der Waals surface area contributed by atoms with Crippen LogP contribution in [0.1, 0.15) is 27.1 Å². The maximum atomic E-state index is 13.1. The van der Waals surface area contributed by atoms with Crippen molar-refractivity contribution in [2.24, 2.45) is 0 Å². The fourth-order valence-corrected chi connectivity index (χ4v) is 6.23. The number of anilines is 1. The molecule has 2 atom stereocenters. The van der Waals surface area contributed by atoms with Crippen LogP contribution in [0.2, 0.25) is 0 Å². The van der Waals surface area contributed by atoms with Crippen LogP contribution in [0.4, 0.5) is 5.69 Å². The number of nitrogens with zero attached hydrogens (tertiary/aromatic N) is 2. The van der Waals surface area contributed by atoms with Crippen LogP contribution >= 0.6 is 0 Å². The monoisotopic (exact) mass is 610 g/mol. The third-order valence-electron chi connectivity index (χ3n) is 7.47. The van der Waals surface area contributed by atoms with Gasteiger partial charge in [0, 0.05) is 31.4 Å². The van der Waals surface area contributed by atoms with Crippen LogP contribution in [0.15, 0.2) is 72.0 Å². The lowest BCUT2D eigenvalue weighted by molar-refractivity contribution is -0.118. The molecule has 3 amide bonds. The van der Waals surface area contributed by atoms with Crippen molar-refractivity contribution in [2.45, 2.75) is 18.6 Å². The number of fused-ring (bicyclic) bond motifs is 1. The van der Waals surface area contributed by atoms with Gasteiger partial charge in [0.15, 0.2) is 11.5 Å². The molecule has 0 saturated carbocycles. The highest BCUT2D eigenvalue weighted by Crippen LogP contribution is 2.45. The van der Waals surface area contributed by atoms with Gasteiger partial charge in [-0.05, 0) is 30.2 Å². The van der Waals surface area contributed by atoms with Crippen LogP contribution in [-0.4, -0.2) is 83.9 Å². The number of amides is 3. The van der Waals surface area contributed by atoms with E-state index in [-0.39, 0.29) is 35.8 Å². The molecule has 0 aromatic heterocycles. The molecule has 3 aliphatic rings. The maximum Gasteiger partial charge on any atom is 0.310 e. The highest BCUT2D eigenvalue weighted by atomic mass is 32.2. The van der Waals surface area contributed by atoms with Crippen molar-refractivity contribution in [2.75, 3.05) is 45.6 Å². The number of benzene rings is 2. The molecule has 1 saturated heterocycles. The molecule has 2 aromatic carbocycles.